The van der Waals surface area contributed by atoms with Gasteiger partial charge in [-0.05, 0) is 80.0 Å². The number of methoxy groups -OCH3 is 1. The number of carbonyl (C=O) groups is 1. The summed E-state index contributed by atoms with van der Waals surface area (Å²) in [7, 11) is -1.89. The van der Waals surface area contributed by atoms with Gasteiger partial charge in [-0.15, -0.1) is 0 Å². The molecule has 0 radical (unpaired) electrons. The Balaban J connectivity index is 1.49. The summed E-state index contributed by atoms with van der Waals surface area (Å²) >= 11 is 0. The van der Waals surface area contributed by atoms with E-state index in [0.29, 0.717) is 24.1 Å². The van der Waals surface area contributed by atoms with E-state index in [-0.39, 0.29) is 16.4 Å². The predicted octanol–water partition coefficient (Wildman–Crippen LogP) is 2.76. The average molecular weight is 393 g/mol. The Morgan fingerprint density at radius 3 is 2.11 bits per heavy atom. The molecule has 2 N–H and O–H groups in total. The summed E-state index contributed by atoms with van der Waals surface area (Å²) in [5, 5.41) is 2.64. The molecular weight excluding hydrogens is 364 g/mol. The van der Waals surface area contributed by atoms with Crippen LogP contribution in [0.3, 0.4) is 0 Å². The van der Waals surface area contributed by atoms with Crippen LogP contribution in [-0.4, -0.2) is 33.6 Å². The fraction of sp³-hybridized carbons (Fsp3) is 0.650. The van der Waals surface area contributed by atoms with Crippen molar-refractivity contribution in [1.82, 2.24) is 4.72 Å². The van der Waals surface area contributed by atoms with Crippen LogP contribution < -0.4 is 10.0 Å². The van der Waals surface area contributed by atoms with E-state index in [2.05, 4.69) is 10.0 Å². The molecule has 0 aliphatic heterocycles. The number of nitrogens with one attached hydrogen (secondary N) is 2. The predicted molar refractivity (Wildman–Crippen MR) is 103 cm³/mol. The first-order chi connectivity index (χ1) is 12.8. The van der Waals surface area contributed by atoms with Crippen LogP contribution in [0.1, 0.15) is 39.0 Å². The van der Waals surface area contributed by atoms with Gasteiger partial charge in [0, 0.05) is 26.3 Å². The summed E-state index contributed by atoms with van der Waals surface area (Å²) in [4.78, 5) is 11.3. The van der Waals surface area contributed by atoms with E-state index in [1.807, 2.05) is 0 Å². The molecule has 6 nitrogen and oxygen atoms in total. The Bertz CT molecular complexity index is 791. The second-order valence-electron chi connectivity index (χ2n) is 8.49. The molecule has 4 bridgehead atoms. The van der Waals surface area contributed by atoms with Gasteiger partial charge in [-0.25, -0.2) is 13.1 Å². The molecule has 4 aliphatic rings. The Kier molecular flexibility index (Phi) is 4.81. The molecule has 1 aromatic carbocycles. The van der Waals surface area contributed by atoms with Crippen molar-refractivity contribution in [3.63, 3.8) is 0 Å². The minimum absolute atomic E-state index is 0.187. The minimum atomic E-state index is -3.63. The van der Waals surface area contributed by atoms with E-state index >= 15 is 0 Å². The Morgan fingerprint density at radius 2 is 1.63 bits per heavy atom. The molecule has 0 heterocycles. The minimum Gasteiger partial charge on any atom is -0.376 e. The molecule has 0 aromatic heterocycles. The summed E-state index contributed by atoms with van der Waals surface area (Å²) in [6, 6.07) is 6.24. The zero-order valence-electron chi connectivity index (χ0n) is 15.9. The molecule has 4 aliphatic carbocycles. The lowest BCUT2D eigenvalue weighted by molar-refractivity contribution is -0.185. The van der Waals surface area contributed by atoms with Gasteiger partial charge in [-0.3, -0.25) is 4.79 Å². The number of ether oxygens (including phenoxy) is 1. The lowest BCUT2D eigenvalue weighted by Gasteiger charge is -2.60. The van der Waals surface area contributed by atoms with Crippen LogP contribution >= 0.6 is 0 Å². The molecule has 4 saturated carbocycles. The molecule has 0 spiro atoms. The number of carbonyl (C=O) groups excluding carboxylic acids is 1. The van der Waals surface area contributed by atoms with E-state index in [1.54, 1.807) is 19.2 Å². The second-order valence-corrected chi connectivity index (χ2v) is 10.3. The molecule has 0 atom stereocenters. The highest BCUT2D eigenvalue weighted by molar-refractivity contribution is 7.89. The van der Waals surface area contributed by atoms with Crippen molar-refractivity contribution in [2.75, 3.05) is 19.0 Å². The molecular formula is C20H28N2O4S. The van der Waals surface area contributed by atoms with Crippen LogP contribution in [0, 0.1) is 23.7 Å². The SMILES string of the molecule is COC1(CNS(=O)(=O)c2ccc(NC(C)=O)cc2)C2CC3CC(C2)CC1C3. The van der Waals surface area contributed by atoms with E-state index in [0.717, 1.165) is 37.5 Å². The van der Waals surface area contributed by atoms with E-state index in [4.69, 9.17) is 4.74 Å². The van der Waals surface area contributed by atoms with Gasteiger partial charge in [-0.1, -0.05) is 0 Å². The van der Waals surface area contributed by atoms with Gasteiger partial charge in [0.1, 0.15) is 0 Å². The molecule has 1 aromatic rings. The highest BCUT2D eigenvalue weighted by Crippen LogP contribution is 2.59. The maximum atomic E-state index is 12.8. The lowest BCUT2D eigenvalue weighted by atomic mass is 9.50. The van der Waals surface area contributed by atoms with Crippen molar-refractivity contribution < 1.29 is 17.9 Å². The summed E-state index contributed by atoms with van der Waals surface area (Å²) in [5.41, 5.74) is 0.201. The van der Waals surface area contributed by atoms with Crippen molar-refractivity contribution in [2.45, 2.75) is 49.5 Å². The molecule has 148 valence electrons. The zero-order valence-corrected chi connectivity index (χ0v) is 16.7. The molecule has 5 rings (SSSR count). The van der Waals surface area contributed by atoms with E-state index in [9.17, 15) is 13.2 Å². The van der Waals surface area contributed by atoms with Gasteiger partial charge < -0.3 is 10.1 Å². The Labute approximate surface area is 161 Å². The Morgan fingerprint density at radius 1 is 1.07 bits per heavy atom. The Hall–Kier alpha value is -1.44. The second kappa shape index (κ2) is 6.87. The third-order valence-electron chi connectivity index (χ3n) is 6.92. The first-order valence-electron chi connectivity index (χ1n) is 9.75. The number of amides is 1. The molecule has 1 amide bonds. The van der Waals surface area contributed by atoms with Crippen molar-refractivity contribution in [3.05, 3.63) is 24.3 Å². The first kappa shape index (κ1) is 18.9. The average Bonchev–Trinajstić information content (AvgIpc) is 2.61. The number of rotatable bonds is 6. The normalized spacial score (nSPS) is 34.6. The maximum Gasteiger partial charge on any atom is 0.240 e. The summed E-state index contributed by atoms with van der Waals surface area (Å²) < 4.78 is 34.5. The number of hydrogen-bond acceptors (Lipinski definition) is 4. The fourth-order valence-electron chi connectivity index (χ4n) is 5.89. The smallest absolute Gasteiger partial charge is 0.240 e. The van der Waals surface area contributed by atoms with Gasteiger partial charge >= 0.3 is 0 Å². The third kappa shape index (κ3) is 3.41. The number of benzene rings is 1. The summed E-state index contributed by atoms with van der Waals surface area (Å²) in [6.07, 6.45) is 5.99. The fourth-order valence-corrected chi connectivity index (χ4v) is 6.96. The summed E-state index contributed by atoms with van der Waals surface area (Å²) in [6.45, 7) is 1.75. The van der Waals surface area contributed by atoms with Crippen molar-refractivity contribution in [1.29, 1.82) is 0 Å². The lowest BCUT2D eigenvalue weighted by Crippen LogP contribution is -2.63. The maximum absolute atomic E-state index is 12.8. The largest absolute Gasteiger partial charge is 0.376 e. The van der Waals surface area contributed by atoms with Gasteiger partial charge in [0.25, 0.3) is 0 Å². The molecule has 4 fully saturated rings. The van der Waals surface area contributed by atoms with Gasteiger partial charge in [0.15, 0.2) is 0 Å². The number of anilines is 1. The molecule has 0 unspecified atom stereocenters. The van der Waals surface area contributed by atoms with Crippen LogP contribution in [0.15, 0.2) is 29.2 Å². The standard InChI is InChI=1S/C20H28N2O4S/c1-13(23)22-18-3-5-19(6-4-18)27(24,25)21-12-20(26-2)16-8-14-7-15(10-16)11-17(20)9-14/h3-6,14-17,21H,7-12H2,1-2H3,(H,22,23). The van der Waals surface area contributed by atoms with E-state index < -0.39 is 10.0 Å². The van der Waals surface area contributed by atoms with Crippen LogP contribution in [-0.2, 0) is 19.6 Å². The number of sulfonamides is 1. The third-order valence-corrected chi connectivity index (χ3v) is 8.34. The van der Waals surface area contributed by atoms with Gasteiger partial charge in [0.05, 0.1) is 10.5 Å². The quantitative estimate of drug-likeness (QED) is 0.780. The van der Waals surface area contributed by atoms with Crippen molar-refractivity contribution in [3.8, 4) is 0 Å². The monoisotopic (exact) mass is 392 g/mol. The topological polar surface area (TPSA) is 84.5 Å². The first-order valence-corrected chi connectivity index (χ1v) is 11.2. The number of hydrogen-bond donors (Lipinski definition) is 2. The molecule has 0 saturated heterocycles. The van der Waals surface area contributed by atoms with Gasteiger partial charge in [0.2, 0.25) is 15.9 Å². The molecule has 7 heteroatoms. The zero-order chi connectivity index (χ0) is 19.2. The van der Waals surface area contributed by atoms with Crippen LogP contribution in [0.4, 0.5) is 5.69 Å². The van der Waals surface area contributed by atoms with Crippen molar-refractivity contribution in [2.24, 2.45) is 23.7 Å². The highest BCUT2D eigenvalue weighted by atomic mass is 32.2. The van der Waals surface area contributed by atoms with Crippen molar-refractivity contribution >= 4 is 21.6 Å². The van der Waals surface area contributed by atoms with Gasteiger partial charge in [-0.2, -0.15) is 0 Å². The van der Waals surface area contributed by atoms with Crippen LogP contribution in [0.2, 0.25) is 0 Å². The van der Waals surface area contributed by atoms with E-state index in [1.165, 1.54) is 25.5 Å². The highest BCUT2D eigenvalue weighted by Gasteiger charge is 2.57. The van der Waals surface area contributed by atoms with Crippen LogP contribution in [0.25, 0.3) is 0 Å². The molecule has 27 heavy (non-hydrogen) atoms. The van der Waals surface area contributed by atoms with Crippen LogP contribution in [0.5, 0.6) is 0 Å². The summed E-state index contributed by atoms with van der Waals surface area (Å²) in [5.74, 6) is 2.31.